The molecule has 0 aromatic heterocycles. The Kier molecular flexibility index (Phi) is 3.53. The lowest BCUT2D eigenvalue weighted by atomic mass is 9.78. The summed E-state index contributed by atoms with van der Waals surface area (Å²) in [7, 11) is 0. The van der Waals surface area contributed by atoms with Crippen LogP contribution in [0, 0.1) is 11.3 Å². The van der Waals surface area contributed by atoms with Crippen LogP contribution in [0.4, 0.5) is 5.69 Å². The van der Waals surface area contributed by atoms with Crippen molar-refractivity contribution in [3.05, 3.63) is 29.3 Å². The Hall–Kier alpha value is -1.02. The fourth-order valence-electron chi connectivity index (χ4n) is 3.70. The Labute approximate surface area is 125 Å². The van der Waals surface area contributed by atoms with Gasteiger partial charge in [0.05, 0.1) is 5.38 Å². The SMILES string of the molecule is CC1(C)CCCC1C(Cl)c1ccc2c(c1)CCC(=O)N2. The van der Waals surface area contributed by atoms with E-state index >= 15 is 0 Å². The first-order chi connectivity index (χ1) is 9.47. The molecule has 2 unspecified atom stereocenters. The predicted octanol–water partition coefficient (Wildman–Crippen LogP) is 4.68. The zero-order chi connectivity index (χ0) is 14.3. The van der Waals surface area contributed by atoms with Crippen molar-refractivity contribution in [3.63, 3.8) is 0 Å². The Balaban J connectivity index is 1.86. The highest BCUT2D eigenvalue weighted by Crippen LogP contribution is 2.51. The van der Waals surface area contributed by atoms with Crippen LogP contribution in [-0.4, -0.2) is 5.91 Å². The van der Waals surface area contributed by atoms with E-state index in [2.05, 4.69) is 31.3 Å². The van der Waals surface area contributed by atoms with Crippen LogP contribution < -0.4 is 5.32 Å². The summed E-state index contributed by atoms with van der Waals surface area (Å²) < 4.78 is 0. The smallest absolute Gasteiger partial charge is 0.224 e. The van der Waals surface area contributed by atoms with Crippen LogP contribution in [0.2, 0.25) is 0 Å². The van der Waals surface area contributed by atoms with Gasteiger partial charge in [-0.15, -0.1) is 11.6 Å². The lowest BCUT2D eigenvalue weighted by Gasteiger charge is -2.31. The van der Waals surface area contributed by atoms with Gasteiger partial charge in [0, 0.05) is 12.1 Å². The number of benzene rings is 1. The van der Waals surface area contributed by atoms with Gasteiger partial charge < -0.3 is 5.32 Å². The van der Waals surface area contributed by atoms with Crippen LogP contribution >= 0.6 is 11.6 Å². The van der Waals surface area contributed by atoms with Crippen LogP contribution in [0.25, 0.3) is 0 Å². The summed E-state index contributed by atoms with van der Waals surface area (Å²) in [5.41, 5.74) is 3.72. The molecule has 2 atom stereocenters. The molecule has 3 rings (SSSR count). The van der Waals surface area contributed by atoms with Gasteiger partial charge in [-0.3, -0.25) is 4.79 Å². The molecule has 0 radical (unpaired) electrons. The molecule has 1 heterocycles. The Morgan fingerprint density at radius 2 is 2.15 bits per heavy atom. The molecule has 1 aromatic carbocycles. The van der Waals surface area contributed by atoms with Gasteiger partial charge in [0.1, 0.15) is 0 Å². The topological polar surface area (TPSA) is 29.1 Å². The largest absolute Gasteiger partial charge is 0.326 e. The van der Waals surface area contributed by atoms with Gasteiger partial charge in [0.15, 0.2) is 0 Å². The van der Waals surface area contributed by atoms with Crippen LogP contribution in [0.1, 0.15) is 56.0 Å². The average molecular weight is 292 g/mol. The van der Waals surface area contributed by atoms with Gasteiger partial charge in [-0.2, -0.15) is 0 Å². The minimum Gasteiger partial charge on any atom is -0.326 e. The second-order valence-electron chi connectivity index (χ2n) is 6.85. The third-order valence-electron chi connectivity index (χ3n) is 5.04. The van der Waals surface area contributed by atoms with Gasteiger partial charge in [-0.1, -0.05) is 32.4 Å². The van der Waals surface area contributed by atoms with Crippen molar-refractivity contribution in [2.45, 2.75) is 51.3 Å². The Morgan fingerprint density at radius 3 is 2.85 bits per heavy atom. The van der Waals surface area contributed by atoms with Crippen LogP contribution in [0.3, 0.4) is 0 Å². The summed E-state index contributed by atoms with van der Waals surface area (Å²) in [4.78, 5) is 11.4. The molecule has 108 valence electrons. The number of rotatable bonds is 2. The maximum atomic E-state index is 11.4. The molecule has 0 spiro atoms. The van der Waals surface area contributed by atoms with Crippen LogP contribution in [0.15, 0.2) is 18.2 Å². The fraction of sp³-hybridized carbons (Fsp3) is 0.588. The maximum absolute atomic E-state index is 11.4. The number of aryl methyl sites for hydroxylation is 1. The molecular weight excluding hydrogens is 270 g/mol. The van der Waals surface area contributed by atoms with Gasteiger partial charge in [0.25, 0.3) is 0 Å². The van der Waals surface area contributed by atoms with E-state index in [1.165, 1.54) is 30.4 Å². The van der Waals surface area contributed by atoms with Crippen molar-refractivity contribution in [1.29, 1.82) is 0 Å². The third-order valence-corrected chi connectivity index (χ3v) is 5.59. The number of nitrogens with one attached hydrogen (secondary N) is 1. The molecule has 1 fully saturated rings. The van der Waals surface area contributed by atoms with E-state index in [-0.39, 0.29) is 11.3 Å². The summed E-state index contributed by atoms with van der Waals surface area (Å²) in [6, 6.07) is 6.29. The number of carbonyl (C=O) groups excluding carboxylic acids is 1. The van der Waals surface area contributed by atoms with E-state index in [0.717, 1.165) is 12.1 Å². The first-order valence-corrected chi connectivity index (χ1v) is 7.98. The number of hydrogen-bond donors (Lipinski definition) is 1. The minimum absolute atomic E-state index is 0.0791. The molecule has 2 aliphatic rings. The molecular formula is C17H22ClNO. The van der Waals surface area contributed by atoms with E-state index in [4.69, 9.17) is 11.6 Å². The summed E-state index contributed by atoms with van der Waals surface area (Å²) in [6.45, 7) is 4.66. The molecule has 1 amide bonds. The zero-order valence-electron chi connectivity index (χ0n) is 12.2. The maximum Gasteiger partial charge on any atom is 0.224 e. The van der Waals surface area contributed by atoms with E-state index in [0.29, 0.717) is 17.8 Å². The molecule has 1 aromatic rings. The van der Waals surface area contributed by atoms with E-state index in [1.807, 2.05) is 6.07 Å². The van der Waals surface area contributed by atoms with Crippen molar-refractivity contribution in [1.82, 2.24) is 0 Å². The highest BCUT2D eigenvalue weighted by molar-refractivity contribution is 6.21. The lowest BCUT2D eigenvalue weighted by molar-refractivity contribution is -0.116. The first-order valence-electron chi connectivity index (χ1n) is 7.54. The van der Waals surface area contributed by atoms with Crippen LogP contribution in [0.5, 0.6) is 0 Å². The number of halogens is 1. The molecule has 1 aliphatic heterocycles. The van der Waals surface area contributed by atoms with Crippen LogP contribution in [-0.2, 0) is 11.2 Å². The van der Waals surface area contributed by atoms with Gasteiger partial charge in [-0.25, -0.2) is 0 Å². The van der Waals surface area contributed by atoms with Crippen molar-refractivity contribution < 1.29 is 4.79 Å². The quantitative estimate of drug-likeness (QED) is 0.788. The fourth-order valence-corrected chi connectivity index (χ4v) is 4.31. The summed E-state index contributed by atoms with van der Waals surface area (Å²) in [5, 5.41) is 3.01. The van der Waals surface area contributed by atoms with Gasteiger partial charge in [0.2, 0.25) is 5.91 Å². The summed E-state index contributed by atoms with van der Waals surface area (Å²) >= 11 is 6.78. The monoisotopic (exact) mass is 291 g/mol. The number of amides is 1. The summed E-state index contributed by atoms with van der Waals surface area (Å²) in [6.07, 6.45) is 5.17. The normalized spacial score (nSPS) is 25.9. The molecule has 1 aliphatic carbocycles. The second kappa shape index (κ2) is 5.07. The zero-order valence-corrected chi connectivity index (χ0v) is 13.0. The highest BCUT2D eigenvalue weighted by atomic mass is 35.5. The standard InChI is InChI=1S/C17H22ClNO/c1-17(2)9-3-4-13(17)16(18)12-5-7-14-11(10-12)6-8-15(20)19-14/h5,7,10,13,16H,3-4,6,8-9H2,1-2H3,(H,19,20). The van der Waals surface area contributed by atoms with E-state index < -0.39 is 0 Å². The first kappa shape index (κ1) is 13.9. The number of carbonyl (C=O) groups is 1. The van der Waals surface area contributed by atoms with E-state index in [1.54, 1.807) is 0 Å². The molecule has 20 heavy (non-hydrogen) atoms. The number of anilines is 1. The highest BCUT2D eigenvalue weighted by Gasteiger charge is 2.39. The Bertz CT molecular complexity index is 538. The molecule has 1 saturated carbocycles. The summed E-state index contributed by atoms with van der Waals surface area (Å²) in [5.74, 6) is 0.657. The number of fused-ring (bicyclic) bond motifs is 1. The lowest BCUT2D eigenvalue weighted by Crippen LogP contribution is -2.22. The Morgan fingerprint density at radius 1 is 1.35 bits per heavy atom. The predicted molar refractivity (Wildman–Crippen MR) is 83.1 cm³/mol. The van der Waals surface area contributed by atoms with Crippen molar-refractivity contribution in [2.24, 2.45) is 11.3 Å². The minimum atomic E-state index is 0.0791. The van der Waals surface area contributed by atoms with Crippen molar-refractivity contribution >= 4 is 23.2 Å². The van der Waals surface area contributed by atoms with Crippen molar-refractivity contribution in [2.75, 3.05) is 5.32 Å². The molecule has 0 saturated heterocycles. The molecule has 0 bridgehead atoms. The number of alkyl halides is 1. The third kappa shape index (κ3) is 2.46. The van der Waals surface area contributed by atoms with E-state index in [9.17, 15) is 4.79 Å². The van der Waals surface area contributed by atoms with Crippen molar-refractivity contribution in [3.8, 4) is 0 Å². The average Bonchev–Trinajstić information content (AvgIpc) is 2.77. The van der Waals surface area contributed by atoms with Gasteiger partial charge in [-0.05, 0) is 47.8 Å². The number of hydrogen-bond acceptors (Lipinski definition) is 1. The molecule has 1 N–H and O–H groups in total. The second-order valence-corrected chi connectivity index (χ2v) is 7.32. The molecule has 2 nitrogen and oxygen atoms in total. The molecule has 3 heteroatoms. The van der Waals surface area contributed by atoms with Gasteiger partial charge >= 0.3 is 0 Å².